The zero-order valence-corrected chi connectivity index (χ0v) is 12.1. The number of benzene rings is 1. The van der Waals surface area contributed by atoms with Crippen LogP contribution in [0.5, 0.6) is 5.75 Å². The molecule has 0 radical (unpaired) electrons. The molecule has 1 saturated heterocycles. The Morgan fingerprint density at radius 1 is 1.40 bits per heavy atom. The second-order valence-electron chi connectivity index (χ2n) is 5.27. The summed E-state index contributed by atoms with van der Waals surface area (Å²) in [5.41, 5.74) is 2.52. The van der Waals surface area contributed by atoms with Crippen molar-refractivity contribution in [1.82, 2.24) is 4.90 Å². The van der Waals surface area contributed by atoms with E-state index in [9.17, 15) is 0 Å². The van der Waals surface area contributed by atoms with Crippen LogP contribution in [-0.4, -0.2) is 58.1 Å². The molecule has 0 aromatic heterocycles. The van der Waals surface area contributed by atoms with Crippen molar-refractivity contribution in [1.29, 1.82) is 0 Å². The molecule has 2 unspecified atom stereocenters. The lowest BCUT2D eigenvalue weighted by atomic mass is 10.0. The summed E-state index contributed by atoms with van der Waals surface area (Å²) in [7, 11) is 3.46. The first-order valence-corrected chi connectivity index (χ1v) is 7.07. The Bertz CT molecular complexity index is 464. The van der Waals surface area contributed by atoms with Crippen LogP contribution in [0.3, 0.4) is 0 Å². The average Bonchev–Trinajstić information content (AvgIpc) is 2.91. The molecule has 5 heteroatoms. The maximum Gasteiger partial charge on any atom is 0.119 e. The maximum atomic E-state index is 5.59. The first kappa shape index (κ1) is 13.7. The van der Waals surface area contributed by atoms with E-state index in [0.717, 1.165) is 32.1 Å². The van der Waals surface area contributed by atoms with Gasteiger partial charge in [-0.2, -0.15) is 0 Å². The van der Waals surface area contributed by atoms with Crippen LogP contribution in [0, 0.1) is 0 Å². The van der Waals surface area contributed by atoms with Gasteiger partial charge in [-0.05, 0) is 23.8 Å². The van der Waals surface area contributed by atoms with Crippen molar-refractivity contribution in [2.24, 2.45) is 0 Å². The average molecular weight is 278 g/mol. The molecule has 1 aromatic carbocycles. The number of hydrogen-bond acceptors (Lipinski definition) is 5. The van der Waals surface area contributed by atoms with Crippen molar-refractivity contribution in [3.8, 4) is 5.75 Å². The molecule has 110 valence electrons. The lowest BCUT2D eigenvalue weighted by molar-refractivity contribution is -0.0513. The van der Waals surface area contributed by atoms with Gasteiger partial charge in [0.1, 0.15) is 5.75 Å². The number of nitrogens with one attached hydrogen (secondary N) is 1. The molecule has 0 spiro atoms. The minimum atomic E-state index is 0.317. The SMILES string of the molecule is COCC1COCCN1C1CNc2ccc(OC)cc21. The van der Waals surface area contributed by atoms with Crippen LogP contribution in [0.25, 0.3) is 0 Å². The molecule has 1 fully saturated rings. The molecule has 0 aliphatic carbocycles. The normalized spacial score (nSPS) is 26.1. The van der Waals surface area contributed by atoms with Gasteiger partial charge in [-0.15, -0.1) is 0 Å². The van der Waals surface area contributed by atoms with Gasteiger partial charge in [0, 0.05) is 25.9 Å². The molecule has 0 bridgehead atoms. The third-order valence-electron chi connectivity index (χ3n) is 4.14. The van der Waals surface area contributed by atoms with E-state index in [1.54, 1.807) is 14.2 Å². The van der Waals surface area contributed by atoms with Gasteiger partial charge in [0.05, 0.1) is 39.0 Å². The maximum absolute atomic E-state index is 5.59. The molecule has 20 heavy (non-hydrogen) atoms. The van der Waals surface area contributed by atoms with Crippen LogP contribution >= 0.6 is 0 Å². The van der Waals surface area contributed by atoms with E-state index in [0.29, 0.717) is 18.7 Å². The summed E-state index contributed by atoms with van der Waals surface area (Å²) in [4.78, 5) is 2.49. The molecule has 2 atom stereocenters. The van der Waals surface area contributed by atoms with Gasteiger partial charge in [-0.3, -0.25) is 4.90 Å². The highest BCUT2D eigenvalue weighted by atomic mass is 16.5. The minimum Gasteiger partial charge on any atom is -0.497 e. The Morgan fingerprint density at radius 3 is 3.10 bits per heavy atom. The summed E-state index contributed by atoms with van der Waals surface area (Å²) in [6.07, 6.45) is 0. The molecular formula is C15H22N2O3. The van der Waals surface area contributed by atoms with Crippen LogP contribution in [0.4, 0.5) is 5.69 Å². The smallest absolute Gasteiger partial charge is 0.119 e. The molecule has 2 aliphatic heterocycles. The summed E-state index contributed by atoms with van der Waals surface area (Å²) in [6, 6.07) is 6.92. The van der Waals surface area contributed by atoms with Gasteiger partial charge >= 0.3 is 0 Å². The summed E-state index contributed by atoms with van der Waals surface area (Å²) < 4.78 is 16.3. The molecule has 2 aliphatic rings. The Kier molecular flexibility index (Phi) is 4.10. The molecule has 0 amide bonds. The quantitative estimate of drug-likeness (QED) is 0.904. The van der Waals surface area contributed by atoms with E-state index in [2.05, 4.69) is 22.3 Å². The number of fused-ring (bicyclic) bond motifs is 1. The molecule has 1 N–H and O–H groups in total. The second-order valence-corrected chi connectivity index (χ2v) is 5.27. The van der Waals surface area contributed by atoms with Gasteiger partial charge in [0.25, 0.3) is 0 Å². The fourth-order valence-corrected chi connectivity index (χ4v) is 3.13. The van der Waals surface area contributed by atoms with Gasteiger partial charge in [0.15, 0.2) is 0 Å². The van der Waals surface area contributed by atoms with Gasteiger partial charge in [0.2, 0.25) is 0 Å². The van der Waals surface area contributed by atoms with E-state index >= 15 is 0 Å². The molecule has 2 heterocycles. The highest BCUT2D eigenvalue weighted by Gasteiger charge is 2.34. The third kappa shape index (κ3) is 2.49. The number of rotatable bonds is 4. The standard InChI is InChI=1S/C15H22N2O3/c1-18-9-11-10-20-6-5-17(11)15-8-16-14-4-3-12(19-2)7-13(14)15/h3-4,7,11,15-16H,5-6,8-10H2,1-2H3. The highest BCUT2D eigenvalue weighted by Crippen LogP contribution is 2.37. The van der Waals surface area contributed by atoms with Crippen LogP contribution < -0.4 is 10.1 Å². The van der Waals surface area contributed by atoms with Crippen LogP contribution in [0.2, 0.25) is 0 Å². The fourth-order valence-electron chi connectivity index (χ4n) is 3.13. The summed E-state index contributed by atoms with van der Waals surface area (Å²) in [5, 5.41) is 3.48. The van der Waals surface area contributed by atoms with Crippen LogP contribution in [0.15, 0.2) is 18.2 Å². The number of morpholine rings is 1. The molecule has 3 rings (SSSR count). The zero-order chi connectivity index (χ0) is 13.9. The van der Waals surface area contributed by atoms with Crippen molar-refractivity contribution in [2.45, 2.75) is 12.1 Å². The number of nitrogens with zero attached hydrogens (tertiary/aromatic N) is 1. The van der Waals surface area contributed by atoms with Crippen molar-refractivity contribution in [2.75, 3.05) is 52.4 Å². The molecular weight excluding hydrogens is 256 g/mol. The molecule has 1 aromatic rings. The predicted molar refractivity (Wildman–Crippen MR) is 77.4 cm³/mol. The van der Waals surface area contributed by atoms with Gasteiger partial charge in [-0.25, -0.2) is 0 Å². The summed E-state index contributed by atoms with van der Waals surface area (Å²) in [5.74, 6) is 0.911. The van der Waals surface area contributed by atoms with E-state index in [1.807, 2.05) is 6.07 Å². The van der Waals surface area contributed by atoms with Gasteiger partial charge in [-0.1, -0.05) is 0 Å². The van der Waals surface area contributed by atoms with Crippen molar-refractivity contribution in [3.05, 3.63) is 23.8 Å². The van der Waals surface area contributed by atoms with E-state index in [-0.39, 0.29) is 0 Å². The topological polar surface area (TPSA) is 43.0 Å². The van der Waals surface area contributed by atoms with Crippen molar-refractivity contribution >= 4 is 5.69 Å². The number of hydrogen-bond donors (Lipinski definition) is 1. The summed E-state index contributed by atoms with van der Waals surface area (Å²) in [6.45, 7) is 4.11. The lowest BCUT2D eigenvalue weighted by Gasteiger charge is -2.39. The third-order valence-corrected chi connectivity index (χ3v) is 4.14. The minimum absolute atomic E-state index is 0.317. The van der Waals surface area contributed by atoms with Crippen LogP contribution in [-0.2, 0) is 9.47 Å². The second kappa shape index (κ2) is 5.99. The fraction of sp³-hybridized carbons (Fsp3) is 0.600. The largest absolute Gasteiger partial charge is 0.497 e. The Morgan fingerprint density at radius 2 is 2.30 bits per heavy atom. The lowest BCUT2D eigenvalue weighted by Crippen LogP contribution is -2.49. The van der Waals surface area contributed by atoms with E-state index in [1.165, 1.54) is 11.3 Å². The van der Waals surface area contributed by atoms with Crippen LogP contribution in [0.1, 0.15) is 11.6 Å². The molecule has 0 saturated carbocycles. The summed E-state index contributed by atoms with van der Waals surface area (Å²) >= 11 is 0. The van der Waals surface area contributed by atoms with E-state index < -0.39 is 0 Å². The Labute approximate surface area is 119 Å². The number of anilines is 1. The predicted octanol–water partition coefficient (Wildman–Crippen LogP) is 1.51. The first-order valence-electron chi connectivity index (χ1n) is 7.07. The van der Waals surface area contributed by atoms with Crippen molar-refractivity contribution < 1.29 is 14.2 Å². The van der Waals surface area contributed by atoms with Crippen molar-refractivity contribution in [3.63, 3.8) is 0 Å². The molecule has 5 nitrogen and oxygen atoms in total. The van der Waals surface area contributed by atoms with E-state index in [4.69, 9.17) is 14.2 Å². The van der Waals surface area contributed by atoms with Gasteiger partial charge < -0.3 is 19.5 Å². The Hall–Kier alpha value is -1.30. The monoisotopic (exact) mass is 278 g/mol. The highest BCUT2D eigenvalue weighted by molar-refractivity contribution is 5.60. The number of methoxy groups -OCH3 is 2. The first-order chi connectivity index (χ1) is 9.83. The zero-order valence-electron chi connectivity index (χ0n) is 12.1. The number of ether oxygens (including phenoxy) is 3. The Balaban J connectivity index is 1.84.